The lowest BCUT2D eigenvalue weighted by Gasteiger charge is -2.35. The highest BCUT2D eigenvalue weighted by molar-refractivity contribution is 6.08. The minimum atomic E-state index is -1.27. The van der Waals surface area contributed by atoms with Crippen LogP contribution < -0.4 is 5.32 Å². The molecule has 1 aromatic heterocycles. The van der Waals surface area contributed by atoms with Crippen LogP contribution in [0.15, 0.2) is 18.6 Å². The van der Waals surface area contributed by atoms with E-state index in [1.54, 1.807) is 0 Å². The predicted molar refractivity (Wildman–Crippen MR) is 54.6 cm³/mol. The second-order valence-electron chi connectivity index (χ2n) is 3.79. The third-order valence-corrected chi connectivity index (χ3v) is 2.86. The smallest absolute Gasteiger partial charge is 0.319 e. The minimum absolute atomic E-state index is 0.278. The Morgan fingerprint density at radius 2 is 2.12 bits per heavy atom. The number of aromatic nitrogens is 2. The summed E-state index contributed by atoms with van der Waals surface area (Å²) in [5, 5.41) is 11.5. The molecule has 16 heavy (non-hydrogen) atoms. The molecule has 1 aromatic rings. The van der Waals surface area contributed by atoms with Crippen LogP contribution >= 0.6 is 0 Å². The molecule has 6 heteroatoms. The monoisotopic (exact) mass is 221 g/mol. The Balaban J connectivity index is 2.11. The molecule has 0 bridgehead atoms. The summed E-state index contributed by atoms with van der Waals surface area (Å²) >= 11 is 0. The molecule has 1 aliphatic carbocycles. The third kappa shape index (κ3) is 1.62. The van der Waals surface area contributed by atoms with Gasteiger partial charge in [0.2, 0.25) is 5.91 Å². The van der Waals surface area contributed by atoms with Crippen molar-refractivity contribution in [2.24, 2.45) is 5.41 Å². The zero-order valence-electron chi connectivity index (χ0n) is 8.51. The first kappa shape index (κ1) is 10.5. The first-order valence-electron chi connectivity index (χ1n) is 4.96. The number of carbonyl (C=O) groups is 2. The number of hydrogen-bond acceptors (Lipinski definition) is 4. The van der Waals surface area contributed by atoms with Gasteiger partial charge in [-0.1, -0.05) is 6.42 Å². The molecule has 0 saturated heterocycles. The van der Waals surface area contributed by atoms with E-state index >= 15 is 0 Å². The van der Waals surface area contributed by atoms with E-state index in [1.807, 2.05) is 0 Å². The van der Waals surface area contributed by atoms with Crippen molar-refractivity contribution in [3.8, 4) is 0 Å². The maximum absolute atomic E-state index is 11.8. The van der Waals surface area contributed by atoms with Gasteiger partial charge < -0.3 is 10.4 Å². The maximum Gasteiger partial charge on any atom is 0.319 e. The summed E-state index contributed by atoms with van der Waals surface area (Å²) in [5.41, 5.74) is -1.27. The molecule has 0 spiro atoms. The van der Waals surface area contributed by atoms with Gasteiger partial charge in [0.25, 0.3) is 0 Å². The van der Waals surface area contributed by atoms with Crippen molar-refractivity contribution in [2.75, 3.05) is 5.32 Å². The topological polar surface area (TPSA) is 92.2 Å². The van der Waals surface area contributed by atoms with Gasteiger partial charge in [-0.3, -0.25) is 14.6 Å². The molecule has 1 saturated carbocycles. The summed E-state index contributed by atoms with van der Waals surface area (Å²) in [6, 6.07) is 0. The number of carbonyl (C=O) groups excluding carboxylic acids is 1. The first-order valence-corrected chi connectivity index (χ1v) is 4.96. The molecular formula is C10H11N3O3. The minimum Gasteiger partial charge on any atom is -0.480 e. The molecule has 0 aromatic carbocycles. The predicted octanol–water partition coefficient (Wildman–Crippen LogP) is 0.670. The standard InChI is InChI=1S/C10H11N3O3/c14-8(10(9(15)16)2-1-3-10)13-7-6-11-4-5-12-7/h4-6H,1-3H2,(H,15,16)(H,12,13,14). The summed E-state index contributed by atoms with van der Waals surface area (Å²) in [6.45, 7) is 0. The lowest BCUT2D eigenvalue weighted by molar-refractivity contribution is -0.159. The molecule has 6 nitrogen and oxygen atoms in total. The Bertz CT molecular complexity index is 415. The highest BCUT2D eigenvalue weighted by atomic mass is 16.4. The van der Waals surface area contributed by atoms with E-state index in [0.29, 0.717) is 12.8 Å². The van der Waals surface area contributed by atoms with E-state index in [0.717, 1.165) is 6.42 Å². The quantitative estimate of drug-likeness (QED) is 0.732. The Labute approximate surface area is 91.7 Å². The first-order chi connectivity index (χ1) is 7.65. The Hall–Kier alpha value is -1.98. The lowest BCUT2D eigenvalue weighted by Crippen LogP contribution is -2.48. The van der Waals surface area contributed by atoms with Crippen LogP contribution in [0.1, 0.15) is 19.3 Å². The SMILES string of the molecule is O=C(O)C1(C(=O)Nc2cnccn2)CCC1. The van der Waals surface area contributed by atoms with E-state index in [4.69, 9.17) is 5.11 Å². The summed E-state index contributed by atoms with van der Waals surface area (Å²) < 4.78 is 0. The number of hydrogen-bond donors (Lipinski definition) is 2. The number of amides is 1. The van der Waals surface area contributed by atoms with E-state index in [9.17, 15) is 9.59 Å². The number of nitrogens with one attached hydrogen (secondary N) is 1. The summed E-state index contributed by atoms with van der Waals surface area (Å²) in [6.07, 6.45) is 5.82. The van der Waals surface area contributed by atoms with Crippen molar-refractivity contribution in [1.29, 1.82) is 0 Å². The molecule has 1 heterocycles. The van der Waals surface area contributed by atoms with Crippen molar-refractivity contribution >= 4 is 17.7 Å². The molecule has 0 unspecified atom stereocenters. The molecule has 2 rings (SSSR count). The summed E-state index contributed by atoms with van der Waals surface area (Å²) in [4.78, 5) is 30.5. The van der Waals surface area contributed by atoms with Crippen molar-refractivity contribution in [3.05, 3.63) is 18.6 Å². The van der Waals surface area contributed by atoms with Crippen LogP contribution in [0.25, 0.3) is 0 Å². The normalized spacial score (nSPS) is 17.2. The number of aliphatic carboxylic acids is 1. The largest absolute Gasteiger partial charge is 0.480 e. The molecule has 0 atom stereocenters. The van der Waals surface area contributed by atoms with Crippen LogP contribution in [0.5, 0.6) is 0 Å². The molecule has 1 amide bonds. The Morgan fingerprint density at radius 3 is 2.56 bits per heavy atom. The van der Waals surface area contributed by atoms with Gasteiger partial charge in [0.15, 0.2) is 5.82 Å². The number of nitrogens with zero attached hydrogens (tertiary/aromatic N) is 2. The van der Waals surface area contributed by atoms with Gasteiger partial charge in [-0.25, -0.2) is 4.98 Å². The van der Waals surface area contributed by atoms with Gasteiger partial charge in [0, 0.05) is 12.4 Å². The van der Waals surface area contributed by atoms with Crippen LogP contribution in [0.3, 0.4) is 0 Å². The molecule has 1 aliphatic rings. The second-order valence-corrected chi connectivity index (χ2v) is 3.79. The summed E-state index contributed by atoms with van der Waals surface area (Å²) in [5.74, 6) is -1.30. The van der Waals surface area contributed by atoms with Gasteiger partial charge in [-0.2, -0.15) is 0 Å². The molecule has 84 valence electrons. The van der Waals surface area contributed by atoms with Crippen molar-refractivity contribution < 1.29 is 14.7 Å². The second kappa shape index (κ2) is 3.88. The van der Waals surface area contributed by atoms with Gasteiger partial charge in [-0.15, -0.1) is 0 Å². The van der Waals surface area contributed by atoms with Crippen molar-refractivity contribution in [1.82, 2.24) is 9.97 Å². The molecule has 2 N–H and O–H groups in total. The van der Waals surface area contributed by atoms with Crippen LogP contribution in [0, 0.1) is 5.41 Å². The van der Waals surface area contributed by atoms with E-state index < -0.39 is 17.3 Å². The highest BCUT2D eigenvalue weighted by Gasteiger charge is 2.51. The maximum atomic E-state index is 11.8. The van der Waals surface area contributed by atoms with Crippen LogP contribution in [0.4, 0.5) is 5.82 Å². The number of carboxylic acid groups (broad SMARTS) is 1. The molecule has 0 radical (unpaired) electrons. The fraction of sp³-hybridized carbons (Fsp3) is 0.400. The van der Waals surface area contributed by atoms with Gasteiger partial charge in [0.05, 0.1) is 6.20 Å². The average Bonchev–Trinajstić information content (AvgIpc) is 2.16. The fourth-order valence-corrected chi connectivity index (χ4v) is 1.67. The van der Waals surface area contributed by atoms with Gasteiger partial charge >= 0.3 is 5.97 Å². The van der Waals surface area contributed by atoms with Crippen LogP contribution in [0.2, 0.25) is 0 Å². The highest BCUT2D eigenvalue weighted by Crippen LogP contribution is 2.41. The van der Waals surface area contributed by atoms with Crippen molar-refractivity contribution in [2.45, 2.75) is 19.3 Å². The van der Waals surface area contributed by atoms with Crippen LogP contribution in [-0.2, 0) is 9.59 Å². The van der Waals surface area contributed by atoms with E-state index in [-0.39, 0.29) is 5.82 Å². The molecule has 1 fully saturated rings. The Morgan fingerprint density at radius 1 is 1.38 bits per heavy atom. The Kier molecular flexibility index (Phi) is 2.55. The lowest BCUT2D eigenvalue weighted by atomic mass is 9.68. The average molecular weight is 221 g/mol. The summed E-state index contributed by atoms with van der Waals surface area (Å²) in [7, 11) is 0. The zero-order valence-corrected chi connectivity index (χ0v) is 8.51. The zero-order chi connectivity index (χ0) is 11.6. The molecular weight excluding hydrogens is 210 g/mol. The van der Waals surface area contributed by atoms with Crippen molar-refractivity contribution in [3.63, 3.8) is 0 Å². The van der Waals surface area contributed by atoms with E-state index in [2.05, 4.69) is 15.3 Å². The van der Waals surface area contributed by atoms with Gasteiger partial charge in [-0.05, 0) is 12.8 Å². The third-order valence-electron chi connectivity index (χ3n) is 2.86. The number of rotatable bonds is 3. The van der Waals surface area contributed by atoms with E-state index in [1.165, 1.54) is 18.6 Å². The fourth-order valence-electron chi connectivity index (χ4n) is 1.67. The number of anilines is 1. The number of carboxylic acids is 1. The van der Waals surface area contributed by atoms with Crippen LogP contribution in [-0.4, -0.2) is 27.0 Å². The molecule has 0 aliphatic heterocycles. The van der Waals surface area contributed by atoms with Gasteiger partial charge in [0.1, 0.15) is 5.41 Å².